The number of thioether (sulfide) groups is 1. The summed E-state index contributed by atoms with van der Waals surface area (Å²) in [6, 6.07) is 21.2. The zero-order valence-electron chi connectivity index (χ0n) is 15.7. The molecule has 3 aromatic carbocycles. The molecule has 0 radical (unpaired) electrons. The van der Waals surface area contributed by atoms with Crippen molar-refractivity contribution >= 4 is 45.7 Å². The van der Waals surface area contributed by atoms with Gasteiger partial charge >= 0.3 is 0 Å². The van der Waals surface area contributed by atoms with Crippen molar-refractivity contribution in [2.24, 2.45) is 0 Å². The Labute approximate surface area is 177 Å². The van der Waals surface area contributed by atoms with Crippen LogP contribution in [0.1, 0.15) is 6.92 Å². The van der Waals surface area contributed by atoms with Crippen LogP contribution in [-0.2, 0) is 4.79 Å². The van der Waals surface area contributed by atoms with Gasteiger partial charge in [-0.25, -0.2) is 0 Å². The van der Waals surface area contributed by atoms with Gasteiger partial charge in [-0.1, -0.05) is 59.8 Å². The number of carbonyl (C=O) groups excluding carboxylic acids is 1. The van der Waals surface area contributed by atoms with Gasteiger partial charge in [0, 0.05) is 22.5 Å². The van der Waals surface area contributed by atoms with Crippen LogP contribution in [0.5, 0.6) is 0 Å². The third kappa shape index (κ3) is 4.28. The molecule has 146 valence electrons. The summed E-state index contributed by atoms with van der Waals surface area (Å²) >= 11 is 7.14. The Balaban J connectivity index is 1.48. The molecule has 0 atom stereocenters. The highest BCUT2D eigenvalue weighted by Gasteiger charge is 2.18. The Morgan fingerprint density at radius 3 is 2.59 bits per heavy atom. The quantitative estimate of drug-likeness (QED) is 0.373. The predicted octanol–water partition coefficient (Wildman–Crippen LogP) is 5.69. The Hall–Kier alpha value is -2.83. The van der Waals surface area contributed by atoms with E-state index in [1.165, 1.54) is 11.8 Å². The molecule has 7 heteroatoms. The molecule has 4 rings (SSSR count). The third-order valence-electron chi connectivity index (χ3n) is 4.49. The lowest BCUT2D eigenvalue weighted by Crippen LogP contribution is -2.32. The molecule has 0 aliphatic carbocycles. The standard InChI is InChI=1S/C22H18ClN3O2S/c1-2-26(19-9-5-7-15-6-3-4-8-18(15)19)20(27)14-29-22-25-24-21(28-22)16-10-12-17(23)13-11-16/h3-13H,2,14H2,1H3. The van der Waals surface area contributed by atoms with Crippen molar-refractivity contribution in [3.63, 3.8) is 0 Å². The maximum atomic E-state index is 12.9. The summed E-state index contributed by atoms with van der Waals surface area (Å²) in [6.07, 6.45) is 0. The van der Waals surface area contributed by atoms with E-state index in [-0.39, 0.29) is 11.7 Å². The zero-order valence-corrected chi connectivity index (χ0v) is 17.3. The van der Waals surface area contributed by atoms with Crippen LogP contribution in [0.15, 0.2) is 76.4 Å². The number of amides is 1. The zero-order chi connectivity index (χ0) is 20.2. The third-order valence-corrected chi connectivity index (χ3v) is 5.55. The topological polar surface area (TPSA) is 59.2 Å². The molecule has 5 nitrogen and oxygen atoms in total. The van der Waals surface area contributed by atoms with Crippen LogP contribution >= 0.6 is 23.4 Å². The number of fused-ring (bicyclic) bond motifs is 1. The first-order valence-corrected chi connectivity index (χ1v) is 10.5. The summed E-state index contributed by atoms with van der Waals surface area (Å²) in [5.41, 5.74) is 1.69. The normalized spacial score (nSPS) is 11.0. The monoisotopic (exact) mass is 423 g/mol. The van der Waals surface area contributed by atoms with Crippen LogP contribution in [-0.4, -0.2) is 28.4 Å². The van der Waals surface area contributed by atoms with Gasteiger partial charge in [-0.05, 0) is 42.6 Å². The lowest BCUT2D eigenvalue weighted by molar-refractivity contribution is -0.116. The average Bonchev–Trinajstić information content (AvgIpc) is 3.22. The van der Waals surface area contributed by atoms with Gasteiger partial charge in [-0.2, -0.15) is 0 Å². The first-order valence-electron chi connectivity index (χ1n) is 9.16. The second-order valence-corrected chi connectivity index (χ2v) is 7.67. The molecule has 0 N–H and O–H groups in total. The van der Waals surface area contributed by atoms with Gasteiger partial charge in [0.15, 0.2) is 0 Å². The van der Waals surface area contributed by atoms with Crippen molar-refractivity contribution in [1.29, 1.82) is 0 Å². The van der Waals surface area contributed by atoms with E-state index >= 15 is 0 Å². The Kier molecular flexibility index (Phi) is 5.83. The molecule has 0 saturated heterocycles. The van der Waals surface area contributed by atoms with E-state index in [0.717, 1.165) is 22.0 Å². The molecule has 0 bridgehead atoms. The highest BCUT2D eigenvalue weighted by atomic mass is 35.5. The molecular formula is C22H18ClN3O2S. The number of rotatable bonds is 6. The number of anilines is 1. The lowest BCUT2D eigenvalue weighted by atomic mass is 10.1. The SMILES string of the molecule is CCN(C(=O)CSc1nnc(-c2ccc(Cl)cc2)o1)c1cccc2ccccc12. The second kappa shape index (κ2) is 8.68. The number of hydrogen-bond acceptors (Lipinski definition) is 5. The molecule has 1 heterocycles. The number of halogens is 1. The molecule has 0 spiro atoms. The van der Waals surface area contributed by atoms with Crippen molar-refractivity contribution in [1.82, 2.24) is 10.2 Å². The highest BCUT2D eigenvalue weighted by molar-refractivity contribution is 7.99. The molecule has 0 fully saturated rings. The smallest absolute Gasteiger partial charge is 0.277 e. The minimum atomic E-state index is -0.0138. The van der Waals surface area contributed by atoms with E-state index in [2.05, 4.69) is 10.2 Å². The molecule has 0 aliphatic heterocycles. The minimum absolute atomic E-state index is 0.0138. The van der Waals surface area contributed by atoms with Crippen molar-refractivity contribution in [3.8, 4) is 11.5 Å². The molecule has 0 saturated carbocycles. The van der Waals surface area contributed by atoms with Crippen LogP contribution in [0, 0.1) is 0 Å². The molecule has 4 aromatic rings. The fraction of sp³-hybridized carbons (Fsp3) is 0.136. The summed E-state index contributed by atoms with van der Waals surface area (Å²) in [6.45, 7) is 2.54. The van der Waals surface area contributed by atoms with E-state index in [4.69, 9.17) is 16.0 Å². The van der Waals surface area contributed by atoms with Crippen LogP contribution in [0.25, 0.3) is 22.2 Å². The molecule has 1 aromatic heterocycles. The number of benzene rings is 3. The highest BCUT2D eigenvalue weighted by Crippen LogP contribution is 2.28. The van der Waals surface area contributed by atoms with Crippen molar-refractivity contribution in [3.05, 3.63) is 71.8 Å². The van der Waals surface area contributed by atoms with Gasteiger partial charge in [0.2, 0.25) is 11.8 Å². The largest absolute Gasteiger partial charge is 0.411 e. The Morgan fingerprint density at radius 2 is 1.79 bits per heavy atom. The van der Waals surface area contributed by atoms with Gasteiger partial charge in [-0.15, -0.1) is 10.2 Å². The van der Waals surface area contributed by atoms with Crippen LogP contribution in [0.3, 0.4) is 0 Å². The van der Waals surface area contributed by atoms with E-state index in [0.29, 0.717) is 22.7 Å². The first-order chi connectivity index (χ1) is 14.2. The van der Waals surface area contributed by atoms with E-state index in [9.17, 15) is 4.79 Å². The average molecular weight is 424 g/mol. The van der Waals surface area contributed by atoms with Crippen LogP contribution < -0.4 is 4.90 Å². The fourth-order valence-corrected chi connectivity index (χ4v) is 3.87. The van der Waals surface area contributed by atoms with E-state index in [1.807, 2.05) is 61.5 Å². The second-order valence-electron chi connectivity index (χ2n) is 6.30. The van der Waals surface area contributed by atoms with E-state index in [1.54, 1.807) is 17.0 Å². The maximum absolute atomic E-state index is 12.9. The molecule has 29 heavy (non-hydrogen) atoms. The van der Waals surface area contributed by atoms with Crippen molar-refractivity contribution < 1.29 is 9.21 Å². The number of carbonyl (C=O) groups is 1. The molecular weight excluding hydrogens is 406 g/mol. The summed E-state index contributed by atoms with van der Waals surface area (Å²) in [5.74, 6) is 0.595. The summed E-state index contributed by atoms with van der Waals surface area (Å²) in [7, 11) is 0. The Bertz CT molecular complexity index is 1140. The first kappa shape index (κ1) is 19.5. The van der Waals surface area contributed by atoms with Gasteiger partial charge in [0.25, 0.3) is 5.22 Å². The van der Waals surface area contributed by atoms with Gasteiger partial charge < -0.3 is 9.32 Å². The van der Waals surface area contributed by atoms with Crippen LogP contribution in [0.2, 0.25) is 5.02 Å². The van der Waals surface area contributed by atoms with Crippen LogP contribution in [0.4, 0.5) is 5.69 Å². The molecule has 1 amide bonds. The summed E-state index contributed by atoms with van der Waals surface area (Å²) in [4.78, 5) is 14.7. The predicted molar refractivity (Wildman–Crippen MR) is 117 cm³/mol. The summed E-state index contributed by atoms with van der Waals surface area (Å²) < 4.78 is 5.68. The van der Waals surface area contributed by atoms with E-state index < -0.39 is 0 Å². The van der Waals surface area contributed by atoms with Crippen molar-refractivity contribution in [2.45, 2.75) is 12.1 Å². The fourth-order valence-electron chi connectivity index (χ4n) is 3.10. The minimum Gasteiger partial charge on any atom is -0.411 e. The lowest BCUT2D eigenvalue weighted by Gasteiger charge is -2.22. The maximum Gasteiger partial charge on any atom is 0.277 e. The number of nitrogens with zero attached hydrogens (tertiary/aromatic N) is 3. The van der Waals surface area contributed by atoms with Crippen molar-refractivity contribution in [2.75, 3.05) is 17.2 Å². The Morgan fingerprint density at radius 1 is 1.03 bits per heavy atom. The number of hydrogen-bond donors (Lipinski definition) is 0. The molecule has 0 aliphatic rings. The summed E-state index contributed by atoms with van der Waals surface area (Å²) in [5, 5.41) is 11.2. The van der Waals surface area contributed by atoms with Gasteiger partial charge in [0.05, 0.1) is 11.4 Å². The molecule has 0 unspecified atom stereocenters. The van der Waals surface area contributed by atoms with Gasteiger partial charge in [0.1, 0.15) is 0 Å². The van der Waals surface area contributed by atoms with Gasteiger partial charge in [-0.3, -0.25) is 4.79 Å². The number of aromatic nitrogens is 2.